The summed E-state index contributed by atoms with van der Waals surface area (Å²) in [6, 6.07) is 6.18. The molecule has 5 nitrogen and oxygen atoms in total. The number of hydrogen-bond donors (Lipinski definition) is 1. The van der Waals surface area contributed by atoms with Crippen molar-refractivity contribution in [1.29, 1.82) is 0 Å². The number of terminal acetylenes is 1. The minimum Gasteiger partial charge on any atom is -0.481 e. The molecule has 0 spiro atoms. The maximum absolute atomic E-state index is 10.5. The van der Waals surface area contributed by atoms with Crippen molar-refractivity contribution in [3.63, 3.8) is 0 Å². The average molecular weight is 220 g/mol. The van der Waals surface area contributed by atoms with E-state index >= 15 is 0 Å². The number of carboxylic acid groups (broad SMARTS) is 1. The van der Waals surface area contributed by atoms with Crippen LogP contribution in [0, 0.1) is 12.3 Å². The number of benzene rings is 1. The van der Waals surface area contributed by atoms with Crippen LogP contribution in [0.3, 0.4) is 0 Å². The molecular weight excluding hydrogens is 212 g/mol. The first kappa shape index (κ1) is 13.4. The summed E-state index contributed by atoms with van der Waals surface area (Å²) in [7, 11) is 0. The molecule has 0 aliphatic heterocycles. The fraction of sp³-hybridized carbons (Fsp3) is 0.0909. The predicted molar refractivity (Wildman–Crippen MR) is 52.7 cm³/mol. The summed E-state index contributed by atoms with van der Waals surface area (Å²) in [5, 5.41) is 8.64. The van der Waals surface area contributed by atoms with Gasteiger partial charge in [-0.3, -0.25) is 0 Å². The zero-order valence-electron chi connectivity index (χ0n) is 8.17. The average Bonchev–Trinajstić information content (AvgIpc) is 2.28. The molecule has 0 atom stereocenters. The summed E-state index contributed by atoms with van der Waals surface area (Å²) < 4.78 is 5.05. The van der Waals surface area contributed by atoms with Gasteiger partial charge in [0.1, 0.15) is 12.4 Å². The van der Waals surface area contributed by atoms with Crippen LogP contribution >= 0.6 is 0 Å². The topological polar surface area (TPSA) is 80.7 Å². The van der Waals surface area contributed by atoms with Gasteiger partial charge in [0.25, 0.3) is 0 Å². The number of carbonyl (C=O) groups is 1. The van der Waals surface area contributed by atoms with Gasteiger partial charge in [-0.15, -0.1) is 6.42 Å². The third-order valence-electron chi connectivity index (χ3n) is 1.40. The predicted octanol–water partition coefficient (Wildman–Crippen LogP) is 0.813. The summed E-state index contributed by atoms with van der Waals surface area (Å²) in [4.78, 5) is 26.8. The Hall–Kier alpha value is -2.57. The van der Waals surface area contributed by atoms with Gasteiger partial charge >= 0.3 is 12.1 Å². The van der Waals surface area contributed by atoms with Crippen LogP contribution in [0.4, 0.5) is 0 Å². The Morgan fingerprint density at radius 2 is 2.06 bits per heavy atom. The molecular formula is C11H8O5. The van der Waals surface area contributed by atoms with Crippen molar-refractivity contribution in [1.82, 2.24) is 0 Å². The van der Waals surface area contributed by atoms with Gasteiger partial charge < -0.3 is 9.84 Å². The van der Waals surface area contributed by atoms with Crippen LogP contribution in [0.2, 0.25) is 0 Å². The third-order valence-corrected chi connectivity index (χ3v) is 1.40. The van der Waals surface area contributed by atoms with Crippen molar-refractivity contribution < 1.29 is 24.2 Å². The van der Waals surface area contributed by atoms with E-state index in [2.05, 4.69) is 5.92 Å². The second-order valence-corrected chi connectivity index (χ2v) is 2.41. The molecule has 1 rings (SSSR count). The second-order valence-electron chi connectivity index (χ2n) is 2.41. The molecule has 1 aromatic carbocycles. The lowest BCUT2D eigenvalue weighted by Gasteiger charge is -2.01. The van der Waals surface area contributed by atoms with Crippen LogP contribution in [-0.2, 0) is 9.59 Å². The summed E-state index contributed by atoms with van der Waals surface area (Å²) >= 11 is 0. The number of carbonyl (C=O) groups excluding carboxylic acids is 2. The van der Waals surface area contributed by atoms with Crippen molar-refractivity contribution in [2.45, 2.75) is 0 Å². The number of hydrogen-bond acceptors (Lipinski definition) is 4. The van der Waals surface area contributed by atoms with Gasteiger partial charge in [0, 0.05) is 0 Å². The number of ether oxygens (including phenoxy) is 1. The highest BCUT2D eigenvalue weighted by atomic mass is 16.5. The van der Waals surface area contributed by atoms with Gasteiger partial charge in [-0.1, -0.05) is 12.0 Å². The molecule has 0 heterocycles. The zero-order valence-corrected chi connectivity index (χ0v) is 8.17. The number of rotatable bonds is 3. The van der Waals surface area contributed by atoms with E-state index in [9.17, 15) is 4.79 Å². The summed E-state index contributed by atoms with van der Waals surface area (Å²) in [5.74, 6) is 1.79. The van der Waals surface area contributed by atoms with Crippen LogP contribution in [-0.4, -0.2) is 23.8 Å². The van der Waals surface area contributed by atoms with Gasteiger partial charge in [-0.25, -0.2) is 4.79 Å². The Labute approximate surface area is 91.7 Å². The quantitative estimate of drug-likeness (QED) is 0.762. The van der Waals surface area contributed by atoms with Crippen LogP contribution in [0.5, 0.6) is 5.75 Å². The van der Waals surface area contributed by atoms with Crippen molar-refractivity contribution in [3.8, 4) is 18.1 Å². The first-order chi connectivity index (χ1) is 7.65. The van der Waals surface area contributed by atoms with E-state index in [1.165, 1.54) is 12.1 Å². The van der Waals surface area contributed by atoms with E-state index < -0.39 is 5.97 Å². The first-order valence-corrected chi connectivity index (χ1v) is 4.04. The lowest BCUT2D eigenvalue weighted by Crippen LogP contribution is -1.98. The van der Waals surface area contributed by atoms with E-state index in [1.54, 1.807) is 12.1 Å². The van der Waals surface area contributed by atoms with E-state index in [4.69, 9.17) is 25.9 Å². The van der Waals surface area contributed by atoms with Gasteiger partial charge in [0.15, 0.2) is 0 Å². The van der Waals surface area contributed by atoms with E-state index in [0.29, 0.717) is 5.75 Å². The van der Waals surface area contributed by atoms with Crippen LogP contribution in [0.1, 0.15) is 10.4 Å². The van der Waals surface area contributed by atoms with Crippen LogP contribution < -0.4 is 4.74 Å². The molecule has 0 bridgehead atoms. The molecule has 0 aliphatic rings. The zero-order chi connectivity index (χ0) is 12.4. The summed E-state index contributed by atoms with van der Waals surface area (Å²) in [5.41, 5.74) is 0.189. The van der Waals surface area contributed by atoms with Gasteiger partial charge in [0.05, 0.1) is 5.56 Å². The summed E-state index contributed by atoms with van der Waals surface area (Å²) in [6.07, 6.45) is 5.23. The lowest BCUT2D eigenvalue weighted by atomic mass is 10.2. The molecule has 0 aromatic heterocycles. The fourth-order valence-electron chi connectivity index (χ4n) is 0.844. The van der Waals surface area contributed by atoms with Crippen molar-refractivity contribution in [3.05, 3.63) is 29.8 Å². The maximum Gasteiger partial charge on any atom is 0.373 e. The second kappa shape index (κ2) is 7.80. The highest BCUT2D eigenvalue weighted by Gasteiger charge is 2.02. The van der Waals surface area contributed by atoms with Crippen LogP contribution in [0.25, 0.3) is 0 Å². The highest BCUT2D eigenvalue weighted by Crippen LogP contribution is 2.12. The molecule has 16 heavy (non-hydrogen) atoms. The first-order valence-electron chi connectivity index (χ1n) is 4.04. The normalized spacial score (nSPS) is 7.69. The van der Waals surface area contributed by atoms with Crippen LogP contribution in [0.15, 0.2) is 24.3 Å². The lowest BCUT2D eigenvalue weighted by molar-refractivity contribution is -0.191. The van der Waals surface area contributed by atoms with Crippen molar-refractivity contribution >= 4 is 12.1 Å². The molecule has 1 N–H and O–H groups in total. The molecule has 0 saturated heterocycles. The largest absolute Gasteiger partial charge is 0.481 e. The smallest absolute Gasteiger partial charge is 0.373 e. The van der Waals surface area contributed by atoms with Gasteiger partial charge in [0.2, 0.25) is 0 Å². The monoisotopic (exact) mass is 220 g/mol. The number of aromatic carboxylic acids is 1. The van der Waals surface area contributed by atoms with E-state index in [0.717, 1.165) is 0 Å². The molecule has 82 valence electrons. The minimum absolute atomic E-state index is 0.142. The Kier molecular flexibility index (Phi) is 6.55. The Morgan fingerprint density at radius 1 is 1.44 bits per heavy atom. The SMILES string of the molecule is C#CCOc1cccc(C(=O)O)c1.O=C=O. The molecule has 0 fully saturated rings. The van der Waals surface area contributed by atoms with Gasteiger partial charge in [-0.2, -0.15) is 9.59 Å². The third kappa shape index (κ3) is 5.22. The van der Waals surface area contributed by atoms with Crippen molar-refractivity contribution in [2.24, 2.45) is 0 Å². The van der Waals surface area contributed by atoms with Gasteiger partial charge in [-0.05, 0) is 18.2 Å². The standard InChI is InChI=1S/C10H8O3.CO2/c1-2-6-13-9-5-3-4-8(7-9)10(11)12;2-1-3/h1,3-5,7H,6H2,(H,11,12);. The van der Waals surface area contributed by atoms with Crippen molar-refractivity contribution in [2.75, 3.05) is 6.61 Å². The minimum atomic E-state index is -0.980. The molecule has 0 saturated carbocycles. The Balaban J connectivity index is 0.000000673. The maximum atomic E-state index is 10.5. The molecule has 0 aliphatic carbocycles. The molecule has 5 heteroatoms. The summed E-state index contributed by atoms with van der Waals surface area (Å²) in [6.45, 7) is 0.142. The highest BCUT2D eigenvalue weighted by molar-refractivity contribution is 5.87. The van der Waals surface area contributed by atoms with E-state index in [1.807, 2.05) is 0 Å². The molecule has 0 radical (unpaired) electrons. The Morgan fingerprint density at radius 3 is 2.56 bits per heavy atom. The fourth-order valence-corrected chi connectivity index (χ4v) is 0.844. The number of carboxylic acids is 1. The van der Waals surface area contributed by atoms with E-state index in [-0.39, 0.29) is 18.3 Å². The molecule has 0 unspecified atom stereocenters. The molecule has 0 amide bonds. The molecule has 1 aromatic rings. The Bertz CT molecular complexity index is 424.